The number of rotatable bonds is 3. The van der Waals surface area contributed by atoms with E-state index in [0.29, 0.717) is 16.5 Å². The van der Waals surface area contributed by atoms with Gasteiger partial charge in [-0.25, -0.2) is 4.79 Å². The molecule has 84 valence electrons. The van der Waals surface area contributed by atoms with Gasteiger partial charge < -0.3 is 15.8 Å². The molecule has 0 spiro atoms. The highest BCUT2D eigenvalue weighted by Crippen LogP contribution is 2.34. The number of hydrogen-bond acceptors (Lipinski definition) is 2. The fourth-order valence-corrected chi connectivity index (χ4v) is 1.47. The predicted octanol–water partition coefficient (Wildman–Crippen LogP) is 2.50. The number of carbonyl (C=O) groups is 1. The van der Waals surface area contributed by atoms with Crippen LogP contribution in [0.4, 0.5) is 10.5 Å². The van der Waals surface area contributed by atoms with E-state index in [1.54, 1.807) is 0 Å². The zero-order valence-corrected chi connectivity index (χ0v) is 9.60. The van der Waals surface area contributed by atoms with Crippen LogP contribution in [-0.4, -0.2) is 12.6 Å². The van der Waals surface area contributed by atoms with Crippen LogP contribution < -0.4 is 15.8 Å². The smallest absolute Gasteiger partial charge is 0.316 e. The Morgan fingerprint density at radius 2 is 2.19 bits per heavy atom. The van der Waals surface area contributed by atoms with Crippen LogP contribution in [0, 0.1) is 12.3 Å². The van der Waals surface area contributed by atoms with Gasteiger partial charge in [0.25, 0.3) is 0 Å². The highest BCUT2D eigenvalue weighted by Gasteiger charge is 2.09. The number of primary amides is 1. The van der Waals surface area contributed by atoms with Crippen molar-refractivity contribution in [2.45, 2.75) is 0 Å². The van der Waals surface area contributed by atoms with Gasteiger partial charge in [0.05, 0.1) is 15.7 Å². The van der Waals surface area contributed by atoms with Crippen LogP contribution in [0.5, 0.6) is 5.75 Å². The Morgan fingerprint density at radius 1 is 1.50 bits per heavy atom. The lowest BCUT2D eigenvalue weighted by molar-refractivity contribution is 0.259. The van der Waals surface area contributed by atoms with Crippen molar-refractivity contribution in [1.29, 1.82) is 0 Å². The molecule has 0 heterocycles. The number of terminal acetylenes is 1. The monoisotopic (exact) mass is 258 g/mol. The molecule has 0 radical (unpaired) electrons. The molecular weight excluding hydrogens is 251 g/mol. The minimum atomic E-state index is -0.730. The van der Waals surface area contributed by atoms with Gasteiger partial charge in [0.2, 0.25) is 0 Å². The first-order chi connectivity index (χ1) is 7.54. The second-order valence-corrected chi connectivity index (χ2v) is 3.56. The standard InChI is InChI=1S/C10H8Cl2N2O2/c1-2-3-16-9-5-8(14-10(13)15)6(11)4-7(9)12/h1,4-5H,3H2,(H3,13,14,15). The number of carbonyl (C=O) groups excluding carboxylic acids is 1. The largest absolute Gasteiger partial charge is 0.479 e. The van der Waals surface area contributed by atoms with E-state index in [-0.39, 0.29) is 11.6 Å². The van der Waals surface area contributed by atoms with E-state index in [9.17, 15) is 4.79 Å². The number of urea groups is 1. The lowest BCUT2D eigenvalue weighted by Gasteiger charge is -2.09. The topological polar surface area (TPSA) is 64.3 Å². The summed E-state index contributed by atoms with van der Waals surface area (Å²) >= 11 is 11.7. The molecule has 0 fully saturated rings. The summed E-state index contributed by atoms with van der Waals surface area (Å²) < 4.78 is 5.14. The second-order valence-electron chi connectivity index (χ2n) is 2.74. The van der Waals surface area contributed by atoms with E-state index in [1.807, 2.05) is 0 Å². The van der Waals surface area contributed by atoms with Crippen LogP contribution in [0.15, 0.2) is 12.1 Å². The highest BCUT2D eigenvalue weighted by atomic mass is 35.5. The molecule has 1 rings (SSSR count). The summed E-state index contributed by atoms with van der Waals surface area (Å²) in [4.78, 5) is 10.7. The summed E-state index contributed by atoms with van der Waals surface area (Å²) in [5.41, 5.74) is 5.28. The van der Waals surface area contributed by atoms with Crippen LogP contribution in [0.3, 0.4) is 0 Å². The molecule has 3 N–H and O–H groups in total. The molecule has 0 saturated heterocycles. The summed E-state index contributed by atoms with van der Waals surface area (Å²) in [5.74, 6) is 2.62. The minimum absolute atomic E-state index is 0.0668. The van der Waals surface area contributed by atoms with Crippen molar-refractivity contribution < 1.29 is 9.53 Å². The molecular formula is C10H8Cl2N2O2. The Bertz CT molecular complexity index is 455. The SMILES string of the molecule is C#CCOc1cc(NC(N)=O)c(Cl)cc1Cl. The summed E-state index contributed by atoms with van der Waals surface area (Å²) in [7, 11) is 0. The molecule has 1 aromatic carbocycles. The Labute approximate surface area is 103 Å². The maximum atomic E-state index is 10.7. The number of benzene rings is 1. The molecule has 0 aliphatic rings. The van der Waals surface area contributed by atoms with Crippen LogP contribution >= 0.6 is 23.2 Å². The van der Waals surface area contributed by atoms with Gasteiger partial charge in [0.15, 0.2) is 0 Å². The average Bonchev–Trinajstić information content (AvgIpc) is 2.20. The van der Waals surface area contributed by atoms with Crippen molar-refractivity contribution in [2.75, 3.05) is 11.9 Å². The van der Waals surface area contributed by atoms with E-state index in [0.717, 1.165) is 0 Å². The first-order valence-electron chi connectivity index (χ1n) is 4.16. The Kier molecular flexibility index (Phi) is 4.29. The number of halogens is 2. The number of nitrogens with one attached hydrogen (secondary N) is 1. The molecule has 0 aromatic heterocycles. The maximum absolute atomic E-state index is 10.7. The van der Waals surface area contributed by atoms with Gasteiger partial charge in [0.1, 0.15) is 12.4 Å². The molecule has 1 aromatic rings. The lowest BCUT2D eigenvalue weighted by atomic mass is 10.3. The third-order valence-corrected chi connectivity index (χ3v) is 2.20. The van der Waals surface area contributed by atoms with Crippen LogP contribution in [0.2, 0.25) is 10.0 Å². The highest BCUT2D eigenvalue weighted by molar-refractivity contribution is 6.37. The lowest BCUT2D eigenvalue weighted by Crippen LogP contribution is -2.19. The number of ether oxygens (including phenoxy) is 1. The van der Waals surface area contributed by atoms with Crippen LogP contribution in [0.1, 0.15) is 0 Å². The molecule has 0 atom stereocenters. The van der Waals surface area contributed by atoms with Crippen LogP contribution in [-0.2, 0) is 0 Å². The van der Waals surface area contributed by atoms with Gasteiger partial charge in [-0.05, 0) is 6.07 Å². The summed E-state index contributed by atoms with van der Waals surface area (Å²) in [6, 6.07) is 2.15. The fraction of sp³-hybridized carbons (Fsp3) is 0.100. The van der Waals surface area contributed by atoms with Crippen molar-refractivity contribution in [1.82, 2.24) is 0 Å². The Balaban J connectivity index is 3.02. The molecule has 2 amide bonds. The summed E-state index contributed by atoms with van der Waals surface area (Å²) in [6.45, 7) is 0.0668. The van der Waals surface area contributed by atoms with Gasteiger partial charge in [-0.1, -0.05) is 29.1 Å². The first kappa shape index (κ1) is 12.5. The molecule has 4 nitrogen and oxygen atoms in total. The fourth-order valence-electron chi connectivity index (χ4n) is 0.988. The maximum Gasteiger partial charge on any atom is 0.316 e. The van der Waals surface area contributed by atoms with Gasteiger partial charge in [0, 0.05) is 6.07 Å². The summed E-state index contributed by atoms with van der Waals surface area (Å²) in [5, 5.41) is 2.90. The molecule has 0 aliphatic carbocycles. The normalized spacial score (nSPS) is 9.31. The third kappa shape index (κ3) is 3.23. The van der Waals surface area contributed by atoms with Gasteiger partial charge in [-0.15, -0.1) is 6.42 Å². The van der Waals surface area contributed by atoms with Crippen molar-refractivity contribution in [3.63, 3.8) is 0 Å². The van der Waals surface area contributed by atoms with Crippen molar-refractivity contribution in [2.24, 2.45) is 5.73 Å². The number of amides is 2. The zero-order valence-electron chi connectivity index (χ0n) is 8.09. The zero-order chi connectivity index (χ0) is 12.1. The van der Waals surface area contributed by atoms with Gasteiger partial charge in [-0.2, -0.15) is 0 Å². The molecule has 16 heavy (non-hydrogen) atoms. The molecule has 0 aliphatic heterocycles. The summed E-state index contributed by atoms with van der Waals surface area (Å²) in [6.07, 6.45) is 5.04. The number of hydrogen-bond donors (Lipinski definition) is 2. The molecule has 0 unspecified atom stereocenters. The van der Waals surface area contributed by atoms with Crippen LogP contribution in [0.25, 0.3) is 0 Å². The van der Waals surface area contributed by atoms with Crippen molar-refractivity contribution in [3.8, 4) is 18.1 Å². The second kappa shape index (κ2) is 5.50. The van der Waals surface area contributed by atoms with E-state index < -0.39 is 6.03 Å². The average molecular weight is 259 g/mol. The quantitative estimate of drug-likeness (QED) is 0.819. The predicted molar refractivity (Wildman–Crippen MR) is 64.0 cm³/mol. The number of anilines is 1. The number of nitrogens with two attached hydrogens (primary N) is 1. The van der Waals surface area contributed by atoms with Gasteiger partial charge >= 0.3 is 6.03 Å². The first-order valence-corrected chi connectivity index (χ1v) is 4.92. The third-order valence-electron chi connectivity index (χ3n) is 1.59. The minimum Gasteiger partial charge on any atom is -0.479 e. The van der Waals surface area contributed by atoms with E-state index in [1.165, 1.54) is 12.1 Å². The van der Waals surface area contributed by atoms with Crippen molar-refractivity contribution >= 4 is 34.9 Å². The van der Waals surface area contributed by atoms with E-state index >= 15 is 0 Å². The molecule has 0 saturated carbocycles. The molecule has 0 bridgehead atoms. The Morgan fingerprint density at radius 3 is 2.75 bits per heavy atom. The van der Waals surface area contributed by atoms with Crippen molar-refractivity contribution in [3.05, 3.63) is 22.2 Å². The molecule has 6 heteroatoms. The van der Waals surface area contributed by atoms with E-state index in [2.05, 4.69) is 11.2 Å². The van der Waals surface area contributed by atoms with E-state index in [4.69, 9.17) is 40.1 Å². The Hall–Kier alpha value is -1.57. The van der Waals surface area contributed by atoms with Gasteiger partial charge in [-0.3, -0.25) is 0 Å².